The highest BCUT2D eigenvalue weighted by Gasteiger charge is 2.26. The Kier molecular flexibility index (Phi) is 7.06. The number of aliphatic carboxylic acids is 1. The molecule has 1 aromatic carbocycles. The maximum atomic E-state index is 13.1. The number of hydrogen-bond donors (Lipinski definition) is 2. The maximum absolute atomic E-state index is 13.1. The molecule has 1 saturated heterocycles. The molecule has 1 heterocycles. The number of carboxylic acid groups (broad SMARTS) is 1. The Morgan fingerprint density at radius 1 is 1.31 bits per heavy atom. The van der Waals surface area contributed by atoms with E-state index in [4.69, 9.17) is 5.11 Å². The third kappa shape index (κ3) is 5.23. The lowest BCUT2D eigenvalue weighted by atomic mass is 9.92. The summed E-state index contributed by atoms with van der Waals surface area (Å²) in [5, 5.41) is 12.4. The summed E-state index contributed by atoms with van der Waals surface area (Å²) in [5.41, 5.74) is 2.74. The first-order valence-corrected chi connectivity index (χ1v) is 9.66. The minimum atomic E-state index is -0.762. The van der Waals surface area contributed by atoms with Crippen LogP contribution in [0, 0.1) is 18.8 Å². The van der Waals surface area contributed by atoms with Gasteiger partial charge in [-0.25, -0.2) is 0 Å². The molecule has 0 radical (unpaired) electrons. The Bertz CT molecular complexity index is 642. The highest BCUT2D eigenvalue weighted by atomic mass is 16.4. The van der Waals surface area contributed by atoms with Crippen LogP contribution in [-0.2, 0) is 4.79 Å². The van der Waals surface area contributed by atoms with Crippen molar-refractivity contribution in [3.8, 4) is 0 Å². The lowest BCUT2D eigenvalue weighted by Crippen LogP contribution is -2.40. The third-order valence-corrected chi connectivity index (χ3v) is 5.52. The van der Waals surface area contributed by atoms with Crippen LogP contribution in [0.4, 0.5) is 5.69 Å². The minimum Gasteiger partial charge on any atom is -0.481 e. The van der Waals surface area contributed by atoms with E-state index in [9.17, 15) is 9.59 Å². The zero-order valence-corrected chi connectivity index (χ0v) is 16.4. The Morgan fingerprint density at radius 3 is 2.69 bits per heavy atom. The molecular weight excluding hydrogens is 328 g/mol. The Hall–Kier alpha value is -2.04. The topological polar surface area (TPSA) is 69.6 Å². The largest absolute Gasteiger partial charge is 0.481 e. The van der Waals surface area contributed by atoms with E-state index >= 15 is 0 Å². The van der Waals surface area contributed by atoms with Crippen molar-refractivity contribution in [2.45, 2.75) is 59.4 Å². The van der Waals surface area contributed by atoms with Gasteiger partial charge >= 0.3 is 5.97 Å². The summed E-state index contributed by atoms with van der Waals surface area (Å²) in [6, 6.07) is 6.18. The minimum absolute atomic E-state index is 0.0587. The fourth-order valence-electron chi connectivity index (χ4n) is 3.42. The van der Waals surface area contributed by atoms with E-state index in [0.717, 1.165) is 36.2 Å². The van der Waals surface area contributed by atoms with E-state index in [1.54, 1.807) is 0 Å². The third-order valence-electron chi connectivity index (χ3n) is 5.52. The number of carbonyl (C=O) groups excluding carboxylic acids is 1. The van der Waals surface area contributed by atoms with Crippen LogP contribution in [0.3, 0.4) is 0 Å². The number of hydrogen-bond acceptors (Lipinski definition) is 3. The number of likely N-dealkylation sites (tertiary alicyclic amines) is 1. The van der Waals surface area contributed by atoms with Crippen molar-refractivity contribution in [1.82, 2.24) is 4.90 Å². The van der Waals surface area contributed by atoms with Crippen LogP contribution < -0.4 is 5.32 Å². The van der Waals surface area contributed by atoms with Crippen molar-refractivity contribution >= 4 is 17.6 Å². The van der Waals surface area contributed by atoms with Gasteiger partial charge in [-0.3, -0.25) is 9.59 Å². The highest BCUT2D eigenvalue weighted by molar-refractivity contribution is 5.97. The predicted octanol–water partition coefficient (Wildman–Crippen LogP) is 4.17. The fraction of sp³-hybridized carbons (Fsp3) is 0.619. The molecule has 1 aliphatic rings. The van der Waals surface area contributed by atoms with Gasteiger partial charge in [0.15, 0.2) is 0 Å². The van der Waals surface area contributed by atoms with Gasteiger partial charge in [-0.2, -0.15) is 0 Å². The van der Waals surface area contributed by atoms with Crippen LogP contribution in [0.2, 0.25) is 0 Å². The quantitative estimate of drug-likeness (QED) is 0.766. The van der Waals surface area contributed by atoms with Crippen LogP contribution in [0.1, 0.15) is 62.4 Å². The molecule has 2 rings (SSSR count). The van der Waals surface area contributed by atoms with Crippen molar-refractivity contribution < 1.29 is 14.7 Å². The number of nitrogens with zero attached hydrogens (tertiary/aromatic N) is 1. The van der Waals surface area contributed by atoms with Crippen LogP contribution >= 0.6 is 0 Å². The van der Waals surface area contributed by atoms with E-state index < -0.39 is 5.97 Å². The lowest BCUT2D eigenvalue weighted by molar-refractivity contribution is -0.137. The highest BCUT2D eigenvalue weighted by Crippen LogP contribution is 2.26. The normalized spacial score (nSPS) is 18.7. The van der Waals surface area contributed by atoms with E-state index in [1.165, 1.54) is 0 Å². The number of benzene rings is 1. The van der Waals surface area contributed by atoms with Gasteiger partial charge in [0.05, 0.1) is 0 Å². The Labute approximate surface area is 156 Å². The summed E-state index contributed by atoms with van der Waals surface area (Å²) in [6.07, 6.45) is 2.77. The van der Waals surface area contributed by atoms with Crippen LogP contribution in [0.25, 0.3) is 0 Å². The molecule has 0 bridgehead atoms. The van der Waals surface area contributed by atoms with E-state index in [1.807, 2.05) is 30.0 Å². The molecule has 0 spiro atoms. The number of carbonyl (C=O) groups is 2. The van der Waals surface area contributed by atoms with E-state index in [0.29, 0.717) is 24.9 Å². The second-order valence-corrected chi connectivity index (χ2v) is 7.85. The van der Waals surface area contributed by atoms with Gasteiger partial charge in [0.25, 0.3) is 5.91 Å². The molecule has 2 N–H and O–H groups in total. The molecule has 2 atom stereocenters. The van der Waals surface area contributed by atoms with Crippen molar-refractivity contribution in [2.24, 2.45) is 11.8 Å². The number of anilines is 1. The molecule has 1 fully saturated rings. The monoisotopic (exact) mass is 360 g/mol. The summed E-state index contributed by atoms with van der Waals surface area (Å²) in [6.45, 7) is 9.90. The van der Waals surface area contributed by atoms with Gasteiger partial charge < -0.3 is 15.3 Å². The fourth-order valence-corrected chi connectivity index (χ4v) is 3.42. The molecule has 1 aromatic rings. The molecule has 1 amide bonds. The van der Waals surface area contributed by atoms with E-state index in [2.05, 4.69) is 26.1 Å². The Balaban J connectivity index is 2.10. The predicted molar refractivity (Wildman–Crippen MR) is 105 cm³/mol. The zero-order valence-electron chi connectivity index (χ0n) is 16.4. The van der Waals surface area contributed by atoms with Gasteiger partial charge in [0.2, 0.25) is 0 Å². The molecule has 0 aromatic heterocycles. The zero-order chi connectivity index (χ0) is 19.3. The second kappa shape index (κ2) is 9.06. The summed E-state index contributed by atoms with van der Waals surface area (Å²) in [5.74, 6) is 0.0861. The van der Waals surface area contributed by atoms with Crippen LogP contribution in [0.5, 0.6) is 0 Å². The van der Waals surface area contributed by atoms with Gasteiger partial charge in [-0.05, 0) is 62.6 Å². The lowest BCUT2D eigenvalue weighted by Gasteiger charge is -2.33. The number of amides is 1. The number of rotatable bonds is 7. The number of piperidine rings is 1. The summed E-state index contributed by atoms with van der Waals surface area (Å²) in [7, 11) is 0. The number of carboxylic acids is 1. The molecule has 144 valence electrons. The first-order chi connectivity index (χ1) is 12.3. The SMILES string of the molecule is Cc1c(NC(C)C(C)C)cccc1C(=O)N1CCCC(CCC(=O)O)C1. The number of nitrogens with one attached hydrogen (secondary N) is 1. The second-order valence-electron chi connectivity index (χ2n) is 7.85. The molecule has 1 aliphatic heterocycles. The standard InChI is InChI=1S/C21H32N2O3/c1-14(2)16(4)22-19-9-5-8-18(15(19)3)21(26)23-12-6-7-17(13-23)10-11-20(24)25/h5,8-9,14,16-17,22H,6-7,10-13H2,1-4H3,(H,24,25). The van der Waals surface area contributed by atoms with Crippen molar-refractivity contribution in [1.29, 1.82) is 0 Å². The van der Waals surface area contributed by atoms with E-state index in [-0.39, 0.29) is 18.2 Å². The maximum Gasteiger partial charge on any atom is 0.303 e. The summed E-state index contributed by atoms with van der Waals surface area (Å²) >= 11 is 0. The molecule has 2 unspecified atom stereocenters. The Morgan fingerprint density at radius 2 is 2.04 bits per heavy atom. The van der Waals surface area contributed by atoms with Gasteiger partial charge in [0, 0.05) is 36.8 Å². The van der Waals surface area contributed by atoms with Gasteiger partial charge in [-0.15, -0.1) is 0 Å². The van der Waals surface area contributed by atoms with Gasteiger partial charge in [0.1, 0.15) is 0 Å². The molecule has 0 aliphatic carbocycles. The average molecular weight is 360 g/mol. The smallest absolute Gasteiger partial charge is 0.303 e. The summed E-state index contributed by atoms with van der Waals surface area (Å²) < 4.78 is 0. The first-order valence-electron chi connectivity index (χ1n) is 9.66. The van der Waals surface area contributed by atoms with Crippen molar-refractivity contribution in [3.05, 3.63) is 29.3 Å². The molecule has 0 saturated carbocycles. The van der Waals surface area contributed by atoms with Gasteiger partial charge in [-0.1, -0.05) is 19.9 Å². The molecule has 5 heteroatoms. The summed E-state index contributed by atoms with van der Waals surface area (Å²) in [4.78, 5) is 25.8. The van der Waals surface area contributed by atoms with Crippen molar-refractivity contribution in [2.75, 3.05) is 18.4 Å². The molecule has 26 heavy (non-hydrogen) atoms. The molecule has 5 nitrogen and oxygen atoms in total. The average Bonchev–Trinajstić information content (AvgIpc) is 2.61. The van der Waals surface area contributed by atoms with Crippen LogP contribution in [0.15, 0.2) is 18.2 Å². The van der Waals surface area contributed by atoms with Crippen LogP contribution in [-0.4, -0.2) is 41.0 Å². The molecular formula is C21H32N2O3. The van der Waals surface area contributed by atoms with Crippen molar-refractivity contribution in [3.63, 3.8) is 0 Å². The first kappa shape index (κ1) is 20.3.